The van der Waals surface area contributed by atoms with E-state index in [-0.39, 0.29) is 18.2 Å². The van der Waals surface area contributed by atoms with E-state index in [1.165, 1.54) is 0 Å². The molecule has 0 amide bonds. The Morgan fingerprint density at radius 3 is 2.22 bits per heavy atom. The Kier molecular flexibility index (Phi) is 3.17. The van der Waals surface area contributed by atoms with Gasteiger partial charge in [0.15, 0.2) is 5.78 Å². The van der Waals surface area contributed by atoms with Crippen molar-refractivity contribution in [2.75, 3.05) is 6.54 Å². The highest BCUT2D eigenvalue weighted by molar-refractivity contribution is 5.96. The summed E-state index contributed by atoms with van der Waals surface area (Å²) >= 11 is 0. The Balaban J connectivity index is 3.89. The van der Waals surface area contributed by atoms with E-state index in [2.05, 4.69) is 6.58 Å². The molecule has 0 aromatic heterocycles. The molecule has 0 atom stereocenters. The SMILES string of the molecule is C=C(CN)C(=O)C(C)C. The minimum atomic E-state index is 0.0287. The van der Waals surface area contributed by atoms with Gasteiger partial charge in [0.1, 0.15) is 0 Å². The van der Waals surface area contributed by atoms with Crippen LogP contribution in [-0.4, -0.2) is 12.3 Å². The van der Waals surface area contributed by atoms with Crippen LogP contribution in [0.15, 0.2) is 12.2 Å². The van der Waals surface area contributed by atoms with Crippen LogP contribution in [0, 0.1) is 5.92 Å². The molecule has 9 heavy (non-hydrogen) atoms. The number of rotatable bonds is 3. The maximum Gasteiger partial charge on any atom is 0.162 e. The van der Waals surface area contributed by atoms with E-state index in [9.17, 15) is 4.79 Å². The van der Waals surface area contributed by atoms with Crippen LogP contribution < -0.4 is 5.73 Å². The smallest absolute Gasteiger partial charge is 0.162 e. The quantitative estimate of drug-likeness (QED) is 0.568. The molecule has 0 unspecified atom stereocenters. The predicted molar refractivity (Wildman–Crippen MR) is 38.0 cm³/mol. The molecule has 0 aliphatic heterocycles. The van der Waals surface area contributed by atoms with Crippen LogP contribution in [0.1, 0.15) is 13.8 Å². The van der Waals surface area contributed by atoms with Gasteiger partial charge in [-0.05, 0) is 0 Å². The van der Waals surface area contributed by atoms with E-state index in [1.807, 2.05) is 13.8 Å². The third-order valence-corrected chi connectivity index (χ3v) is 1.12. The summed E-state index contributed by atoms with van der Waals surface area (Å²) in [5.41, 5.74) is 5.71. The molecule has 0 bridgehead atoms. The average Bonchev–Trinajstić information content (AvgIpc) is 1.84. The minimum Gasteiger partial charge on any atom is -0.326 e. The van der Waals surface area contributed by atoms with Crippen LogP contribution in [-0.2, 0) is 4.79 Å². The van der Waals surface area contributed by atoms with Gasteiger partial charge >= 0.3 is 0 Å². The number of carbonyl (C=O) groups excluding carboxylic acids is 1. The Labute approximate surface area is 55.7 Å². The van der Waals surface area contributed by atoms with Crippen LogP contribution in [0.25, 0.3) is 0 Å². The summed E-state index contributed by atoms with van der Waals surface area (Å²) in [6, 6.07) is 0. The van der Waals surface area contributed by atoms with Crippen LogP contribution in [0.2, 0.25) is 0 Å². The molecule has 2 N–H and O–H groups in total. The lowest BCUT2D eigenvalue weighted by atomic mass is 10.0. The largest absolute Gasteiger partial charge is 0.326 e. The van der Waals surface area contributed by atoms with Gasteiger partial charge in [-0.25, -0.2) is 0 Å². The molecule has 52 valence electrons. The minimum absolute atomic E-state index is 0.0287. The Bertz CT molecular complexity index is 127. The zero-order valence-electron chi connectivity index (χ0n) is 5.98. The normalized spacial score (nSPS) is 9.78. The Hall–Kier alpha value is -0.630. The van der Waals surface area contributed by atoms with Crippen molar-refractivity contribution >= 4 is 5.78 Å². The highest BCUT2D eigenvalue weighted by atomic mass is 16.1. The molecule has 0 fully saturated rings. The van der Waals surface area contributed by atoms with Crippen molar-refractivity contribution in [1.29, 1.82) is 0 Å². The van der Waals surface area contributed by atoms with Gasteiger partial charge in [-0.3, -0.25) is 4.79 Å². The zero-order chi connectivity index (χ0) is 7.44. The van der Waals surface area contributed by atoms with E-state index in [1.54, 1.807) is 0 Å². The second-order valence-corrected chi connectivity index (χ2v) is 2.33. The molecule has 0 radical (unpaired) electrons. The Morgan fingerprint density at radius 1 is 1.67 bits per heavy atom. The first-order chi connectivity index (χ1) is 4.09. The number of carbonyl (C=O) groups is 1. The summed E-state index contributed by atoms with van der Waals surface area (Å²) in [5.74, 6) is 0.0959. The van der Waals surface area contributed by atoms with Gasteiger partial charge < -0.3 is 5.73 Å². The molecular weight excluding hydrogens is 114 g/mol. The van der Waals surface area contributed by atoms with E-state index in [0.717, 1.165) is 0 Å². The van der Waals surface area contributed by atoms with Crippen molar-refractivity contribution in [2.45, 2.75) is 13.8 Å². The fourth-order valence-electron chi connectivity index (χ4n) is 0.509. The maximum atomic E-state index is 10.9. The van der Waals surface area contributed by atoms with E-state index < -0.39 is 0 Å². The van der Waals surface area contributed by atoms with E-state index >= 15 is 0 Å². The van der Waals surface area contributed by atoms with Gasteiger partial charge in [0.2, 0.25) is 0 Å². The van der Waals surface area contributed by atoms with Crippen molar-refractivity contribution in [3.8, 4) is 0 Å². The molecule has 0 aromatic carbocycles. The number of ketones is 1. The summed E-state index contributed by atoms with van der Waals surface area (Å²) in [5, 5.41) is 0. The lowest BCUT2D eigenvalue weighted by Gasteiger charge is -2.02. The number of Topliss-reactive ketones (excluding diaryl/α,β-unsaturated/α-hetero) is 1. The molecule has 2 heteroatoms. The number of nitrogens with two attached hydrogens (primary N) is 1. The van der Waals surface area contributed by atoms with Crippen LogP contribution >= 0.6 is 0 Å². The molecule has 0 spiro atoms. The third kappa shape index (κ3) is 2.42. The molecule has 0 heterocycles. The number of hydrogen-bond donors (Lipinski definition) is 1. The summed E-state index contributed by atoms with van der Waals surface area (Å²) in [6.07, 6.45) is 0. The van der Waals surface area contributed by atoms with Crippen molar-refractivity contribution in [2.24, 2.45) is 11.7 Å². The maximum absolute atomic E-state index is 10.9. The van der Waals surface area contributed by atoms with Gasteiger partial charge in [0.05, 0.1) is 0 Å². The molecule has 0 saturated heterocycles. The van der Waals surface area contributed by atoms with Crippen LogP contribution in [0.4, 0.5) is 0 Å². The standard InChI is InChI=1S/C7H13NO/c1-5(2)7(9)6(3)4-8/h5H,3-4,8H2,1-2H3. The molecule has 0 rings (SSSR count). The second kappa shape index (κ2) is 3.41. The first-order valence-corrected chi connectivity index (χ1v) is 3.01. The molecule has 2 nitrogen and oxygen atoms in total. The Morgan fingerprint density at radius 2 is 2.11 bits per heavy atom. The average molecular weight is 127 g/mol. The molecule has 0 saturated carbocycles. The fraction of sp³-hybridized carbons (Fsp3) is 0.571. The van der Waals surface area contributed by atoms with E-state index in [0.29, 0.717) is 5.57 Å². The van der Waals surface area contributed by atoms with Crippen molar-refractivity contribution < 1.29 is 4.79 Å². The lowest BCUT2D eigenvalue weighted by Crippen LogP contribution is -2.16. The monoisotopic (exact) mass is 127 g/mol. The highest BCUT2D eigenvalue weighted by Gasteiger charge is 2.08. The zero-order valence-corrected chi connectivity index (χ0v) is 5.98. The summed E-state index contributed by atoms with van der Waals surface area (Å²) in [7, 11) is 0. The van der Waals surface area contributed by atoms with Crippen molar-refractivity contribution in [3.63, 3.8) is 0 Å². The fourth-order valence-corrected chi connectivity index (χ4v) is 0.509. The van der Waals surface area contributed by atoms with E-state index in [4.69, 9.17) is 5.73 Å². The summed E-state index contributed by atoms with van der Waals surface area (Å²) < 4.78 is 0. The van der Waals surface area contributed by atoms with Gasteiger partial charge in [-0.2, -0.15) is 0 Å². The molecule has 0 aliphatic rings. The van der Waals surface area contributed by atoms with Crippen molar-refractivity contribution in [1.82, 2.24) is 0 Å². The first-order valence-electron chi connectivity index (χ1n) is 3.01. The molecule has 0 aromatic rings. The summed E-state index contributed by atoms with van der Waals surface area (Å²) in [4.78, 5) is 10.9. The summed E-state index contributed by atoms with van der Waals surface area (Å²) in [6.45, 7) is 7.47. The second-order valence-electron chi connectivity index (χ2n) is 2.33. The number of hydrogen-bond acceptors (Lipinski definition) is 2. The lowest BCUT2D eigenvalue weighted by molar-refractivity contribution is -0.118. The van der Waals surface area contributed by atoms with Gasteiger partial charge in [-0.1, -0.05) is 20.4 Å². The van der Waals surface area contributed by atoms with Gasteiger partial charge in [0.25, 0.3) is 0 Å². The van der Waals surface area contributed by atoms with Crippen LogP contribution in [0.5, 0.6) is 0 Å². The third-order valence-electron chi connectivity index (χ3n) is 1.12. The van der Waals surface area contributed by atoms with Gasteiger partial charge in [-0.15, -0.1) is 0 Å². The van der Waals surface area contributed by atoms with Gasteiger partial charge in [0, 0.05) is 18.0 Å². The first kappa shape index (κ1) is 8.37. The predicted octanol–water partition coefficient (Wildman–Crippen LogP) is 0.726. The topological polar surface area (TPSA) is 43.1 Å². The van der Waals surface area contributed by atoms with Crippen LogP contribution in [0.3, 0.4) is 0 Å². The highest BCUT2D eigenvalue weighted by Crippen LogP contribution is 2.00. The van der Waals surface area contributed by atoms with Crippen molar-refractivity contribution in [3.05, 3.63) is 12.2 Å². The molecular formula is C7H13NO. The molecule has 0 aliphatic carbocycles.